The SMILES string of the molecule is O=C(N/N=C/c1c(O)ccc2ccccc12)c1cc(Br)c[nH]1. The van der Waals surface area contributed by atoms with E-state index in [2.05, 4.69) is 31.4 Å². The van der Waals surface area contributed by atoms with Crippen LogP contribution in [0.3, 0.4) is 0 Å². The smallest absolute Gasteiger partial charge is 0.287 e. The van der Waals surface area contributed by atoms with E-state index in [1.54, 1.807) is 18.3 Å². The summed E-state index contributed by atoms with van der Waals surface area (Å²) in [7, 11) is 0. The van der Waals surface area contributed by atoms with Gasteiger partial charge in [0.1, 0.15) is 11.4 Å². The van der Waals surface area contributed by atoms with Crippen molar-refractivity contribution in [1.29, 1.82) is 0 Å². The summed E-state index contributed by atoms with van der Waals surface area (Å²) >= 11 is 3.26. The number of halogens is 1. The number of H-pyrrole nitrogens is 1. The number of carbonyl (C=O) groups excluding carboxylic acids is 1. The van der Waals surface area contributed by atoms with Crippen molar-refractivity contribution in [2.45, 2.75) is 0 Å². The fourth-order valence-electron chi connectivity index (χ4n) is 2.13. The molecule has 2 aromatic carbocycles. The standard InChI is InChI=1S/C16H12BrN3O2/c17-11-7-14(18-8-11)16(22)20-19-9-13-12-4-2-1-3-10(12)5-6-15(13)21/h1-9,18,21H,(H,20,22)/b19-9+. The van der Waals surface area contributed by atoms with Crippen LogP contribution in [0.5, 0.6) is 5.75 Å². The van der Waals surface area contributed by atoms with Gasteiger partial charge in [0.15, 0.2) is 0 Å². The molecule has 3 N–H and O–H groups in total. The van der Waals surface area contributed by atoms with Gasteiger partial charge in [-0.3, -0.25) is 4.79 Å². The quantitative estimate of drug-likeness (QED) is 0.496. The van der Waals surface area contributed by atoms with Crippen molar-refractivity contribution < 1.29 is 9.90 Å². The highest BCUT2D eigenvalue weighted by molar-refractivity contribution is 9.10. The van der Waals surface area contributed by atoms with E-state index in [-0.39, 0.29) is 11.7 Å². The first-order valence-corrected chi connectivity index (χ1v) is 7.32. The molecule has 0 unspecified atom stereocenters. The summed E-state index contributed by atoms with van der Waals surface area (Å²) in [5.41, 5.74) is 3.38. The molecule has 0 aliphatic carbocycles. The highest BCUT2D eigenvalue weighted by Crippen LogP contribution is 2.25. The van der Waals surface area contributed by atoms with Gasteiger partial charge in [0.05, 0.1) is 6.21 Å². The lowest BCUT2D eigenvalue weighted by molar-refractivity contribution is 0.0950. The van der Waals surface area contributed by atoms with E-state index in [1.807, 2.05) is 30.3 Å². The first-order valence-electron chi connectivity index (χ1n) is 6.53. The summed E-state index contributed by atoms with van der Waals surface area (Å²) in [4.78, 5) is 14.7. The summed E-state index contributed by atoms with van der Waals surface area (Å²) in [6.07, 6.45) is 3.10. The van der Waals surface area contributed by atoms with Gasteiger partial charge in [-0.05, 0) is 38.8 Å². The molecule has 0 atom stereocenters. The average Bonchev–Trinajstić information content (AvgIpc) is 2.96. The van der Waals surface area contributed by atoms with Gasteiger partial charge in [-0.15, -0.1) is 0 Å². The number of aromatic amines is 1. The zero-order valence-corrected chi connectivity index (χ0v) is 13.0. The van der Waals surface area contributed by atoms with Crippen LogP contribution in [0.25, 0.3) is 10.8 Å². The van der Waals surface area contributed by atoms with E-state index in [1.165, 1.54) is 6.21 Å². The van der Waals surface area contributed by atoms with Crippen molar-refractivity contribution in [3.05, 3.63) is 64.4 Å². The third-order valence-electron chi connectivity index (χ3n) is 3.20. The number of fused-ring (bicyclic) bond motifs is 1. The highest BCUT2D eigenvalue weighted by atomic mass is 79.9. The number of phenols is 1. The van der Waals surface area contributed by atoms with Crippen LogP contribution in [0.4, 0.5) is 0 Å². The Morgan fingerprint density at radius 2 is 2.09 bits per heavy atom. The molecule has 0 saturated heterocycles. The Morgan fingerprint density at radius 3 is 2.86 bits per heavy atom. The van der Waals surface area contributed by atoms with E-state index < -0.39 is 0 Å². The zero-order valence-electron chi connectivity index (χ0n) is 11.4. The zero-order chi connectivity index (χ0) is 15.5. The lowest BCUT2D eigenvalue weighted by atomic mass is 10.0. The van der Waals surface area contributed by atoms with Gasteiger partial charge >= 0.3 is 0 Å². The molecule has 0 radical (unpaired) electrons. The maximum Gasteiger partial charge on any atom is 0.287 e. The van der Waals surface area contributed by atoms with Crippen LogP contribution >= 0.6 is 15.9 Å². The molecule has 6 heteroatoms. The van der Waals surface area contributed by atoms with E-state index >= 15 is 0 Å². The lowest BCUT2D eigenvalue weighted by Gasteiger charge is -2.04. The first kappa shape index (κ1) is 14.3. The fraction of sp³-hybridized carbons (Fsp3) is 0. The first-order chi connectivity index (χ1) is 10.6. The topological polar surface area (TPSA) is 77.5 Å². The Labute approximate surface area is 134 Å². The molecular formula is C16H12BrN3O2. The molecule has 5 nitrogen and oxygen atoms in total. The van der Waals surface area contributed by atoms with Crippen molar-refractivity contribution in [2.75, 3.05) is 0 Å². The number of rotatable bonds is 3. The van der Waals surface area contributed by atoms with Crippen molar-refractivity contribution >= 4 is 38.8 Å². The van der Waals surface area contributed by atoms with E-state index in [0.717, 1.165) is 15.2 Å². The Morgan fingerprint density at radius 1 is 1.27 bits per heavy atom. The summed E-state index contributed by atoms with van der Waals surface area (Å²) in [5, 5.41) is 15.7. The van der Waals surface area contributed by atoms with Crippen LogP contribution in [0.1, 0.15) is 16.1 Å². The Kier molecular flexibility index (Phi) is 3.93. The molecule has 0 spiro atoms. The Balaban J connectivity index is 1.84. The second kappa shape index (κ2) is 6.03. The molecule has 1 aromatic heterocycles. The minimum Gasteiger partial charge on any atom is -0.507 e. The average molecular weight is 358 g/mol. The maximum atomic E-state index is 11.9. The van der Waals surface area contributed by atoms with Gasteiger partial charge in [-0.1, -0.05) is 30.3 Å². The van der Waals surface area contributed by atoms with E-state index in [9.17, 15) is 9.90 Å². The van der Waals surface area contributed by atoms with Crippen molar-refractivity contribution in [1.82, 2.24) is 10.4 Å². The maximum absolute atomic E-state index is 11.9. The van der Waals surface area contributed by atoms with Crippen LogP contribution < -0.4 is 5.43 Å². The number of aromatic hydroxyl groups is 1. The third kappa shape index (κ3) is 2.87. The number of nitrogens with zero attached hydrogens (tertiary/aromatic N) is 1. The second-order valence-corrected chi connectivity index (χ2v) is 5.57. The van der Waals surface area contributed by atoms with Gasteiger partial charge in [-0.2, -0.15) is 5.10 Å². The van der Waals surface area contributed by atoms with Crippen LogP contribution in [0, 0.1) is 0 Å². The number of nitrogens with one attached hydrogen (secondary N) is 2. The van der Waals surface area contributed by atoms with Crippen LogP contribution in [0.15, 0.2) is 58.2 Å². The Hall–Kier alpha value is -2.60. The third-order valence-corrected chi connectivity index (χ3v) is 3.66. The van der Waals surface area contributed by atoms with Crippen LogP contribution in [-0.2, 0) is 0 Å². The normalized spacial score (nSPS) is 11.1. The number of phenolic OH excluding ortho intramolecular Hbond substituents is 1. The predicted octanol–water partition coefficient (Wildman–Crippen LogP) is 3.40. The summed E-state index contributed by atoms with van der Waals surface area (Å²) in [5.74, 6) is -0.249. The van der Waals surface area contributed by atoms with Crippen LogP contribution in [-0.4, -0.2) is 22.2 Å². The number of benzene rings is 2. The molecule has 22 heavy (non-hydrogen) atoms. The summed E-state index contributed by atoms with van der Waals surface area (Å²) in [6.45, 7) is 0. The molecule has 1 heterocycles. The summed E-state index contributed by atoms with van der Waals surface area (Å²) in [6, 6.07) is 12.7. The molecule has 0 fully saturated rings. The second-order valence-electron chi connectivity index (χ2n) is 4.65. The van der Waals surface area contributed by atoms with E-state index in [0.29, 0.717) is 11.3 Å². The van der Waals surface area contributed by atoms with Gasteiger partial charge in [0.25, 0.3) is 5.91 Å². The number of hydrogen-bond acceptors (Lipinski definition) is 3. The van der Waals surface area contributed by atoms with Crippen molar-refractivity contribution in [3.8, 4) is 5.75 Å². The predicted molar refractivity (Wildman–Crippen MR) is 89.2 cm³/mol. The molecule has 0 saturated carbocycles. The molecular weight excluding hydrogens is 346 g/mol. The number of carbonyl (C=O) groups is 1. The van der Waals surface area contributed by atoms with Gasteiger partial charge in [0.2, 0.25) is 0 Å². The molecule has 0 aliphatic rings. The molecule has 110 valence electrons. The monoisotopic (exact) mass is 357 g/mol. The number of amides is 1. The molecule has 1 amide bonds. The fourth-order valence-corrected chi connectivity index (χ4v) is 2.48. The van der Waals surface area contributed by atoms with Crippen LogP contribution in [0.2, 0.25) is 0 Å². The van der Waals surface area contributed by atoms with E-state index in [4.69, 9.17) is 0 Å². The summed E-state index contributed by atoms with van der Waals surface area (Å²) < 4.78 is 0.785. The number of hydrazone groups is 1. The largest absolute Gasteiger partial charge is 0.507 e. The molecule has 0 bridgehead atoms. The van der Waals surface area contributed by atoms with Gasteiger partial charge in [0, 0.05) is 16.2 Å². The molecule has 3 rings (SSSR count). The highest BCUT2D eigenvalue weighted by Gasteiger charge is 2.07. The number of hydrogen-bond donors (Lipinski definition) is 3. The van der Waals surface area contributed by atoms with Crippen molar-refractivity contribution in [3.63, 3.8) is 0 Å². The molecule has 0 aliphatic heterocycles. The minimum absolute atomic E-state index is 0.110. The van der Waals surface area contributed by atoms with Gasteiger partial charge < -0.3 is 10.1 Å². The van der Waals surface area contributed by atoms with Crippen molar-refractivity contribution in [2.24, 2.45) is 5.10 Å². The molecule has 3 aromatic rings. The van der Waals surface area contributed by atoms with Gasteiger partial charge in [-0.25, -0.2) is 5.43 Å². The minimum atomic E-state index is -0.360. The Bertz CT molecular complexity index is 871. The number of aromatic nitrogens is 1. The lowest BCUT2D eigenvalue weighted by Crippen LogP contribution is -2.17.